The van der Waals surface area contributed by atoms with Gasteiger partial charge in [-0.1, -0.05) is 212 Å². The molecule has 118 heavy (non-hydrogen) atoms. The van der Waals surface area contributed by atoms with Crippen LogP contribution < -0.4 is 19.6 Å². The highest BCUT2D eigenvalue weighted by Crippen LogP contribution is 2.51. The van der Waals surface area contributed by atoms with Crippen LogP contribution in [0.15, 0.2) is 413 Å². The summed E-state index contributed by atoms with van der Waals surface area (Å²) in [6.45, 7) is 0. The fraction of sp³-hybridized carbons (Fsp3) is 0. The summed E-state index contributed by atoms with van der Waals surface area (Å²) in [5, 5.41) is 15.5. The molecule has 10 heteroatoms. The molecule has 0 amide bonds. The SMILES string of the molecule is c1ccc(N(c2cc(-c3ccc4c(c3)sc3ccccc34)cc(N(c3ccccc3)c3ccc4sc5ccccc5c4c3)c2)c2ccc3c(c2)sc2ccccc23)cc1.c1ccc(N(c2cc(-c3ccc4c(c3)sc3ccccc34)cc(N(c3ccccc3)c3ccc4sc5ccccc5c4c3)c2)c2ccc3sc4ccccc4c3c2)cc1. The summed E-state index contributed by atoms with van der Waals surface area (Å²) in [5.41, 5.74) is 17.9. The zero-order valence-corrected chi connectivity index (χ0v) is 68.4. The molecule has 0 N–H and O–H groups in total. The lowest BCUT2D eigenvalue weighted by Crippen LogP contribution is -2.13. The van der Waals surface area contributed by atoms with Crippen molar-refractivity contribution in [2.75, 3.05) is 19.6 Å². The summed E-state index contributed by atoms with van der Waals surface area (Å²) in [6.07, 6.45) is 0. The minimum Gasteiger partial charge on any atom is -0.310 e. The maximum absolute atomic E-state index is 2.43. The van der Waals surface area contributed by atoms with Gasteiger partial charge in [0.25, 0.3) is 0 Å². The van der Waals surface area contributed by atoms with Crippen LogP contribution in [0.5, 0.6) is 0 Å². The molecule has 6 aromatic heterocycles. The Morgan fingerprint density at radius 1 is 0.110 bits per heavy atom. The first-order chi connectivity index (χ1) is 58.4. The Bertz CT molecular complexity index is 7810. The molecule has 4 nitrogen and oxygen atoms in total. The van der Waals surface area contributed by atoms with Gasteiger partial charge in [0.1, 0.15) is 0 Å². The Morgan fingerprint density at radius 3 is 0.619 bits per heavy atom. The van der Waals surface area contributed by atoms with Crippen molar-refractivity contribution in [1.82, 2.24) is 0 Å². The number of benzene rings is 18. The second-order valence-electron chi connectivity index (χ2n) is 29.9. The molecule has 0 fully saturated rings. The first kappa shape index (κ1) is 69.9. The average molecular weight is 1610 g/mol. The van der Waals surface area contributed by atoms with E-state index >= 15 is 0 Å². The summed E-state index contributed by atoms with van der Waals surface area (Å²) < 4.78 is 15.6. The van der Waals surface area contributed by atoms with Gasteiger partial charge in [0.15, 0.2) is 0 Å². The van der Waals surface area contributed by atoms with Crippen LogP contribution in [0.2, 0.25) is 0 Å². The Kier molecular flexibility index (Phi) is 17.4. The van der Waals surface area contributed by atoms with Crippen molar-refractivity contribution < 1.29 is 0 Å². The molecule has 24 rings (SSSR count). The van der Waals surface area contributed by atoms with Gasteiger partial charge < -0.3 is 19.6 Å². The van der Waals surface area contributed by atoms with Crippen LogP contribution in [0.1, 0.15) is 0 Å². The van der Waals surface area contributed by atoms with E-state index in [1.807, 2.05) is 68.0 Å². The van der Waals surface area contributed by atoms with E-state index < -0.39 is 0 Å². The van der Waals surface area contributed by atoms with Crippen molar-refractivity contribution >= 4 is 257 Å². The van der Waals surface area contributed by atoms with E-state index in [2.05, 4.69) is 432 Å². The lowest BCUT2D eigenvalue weighted by atomic mass is 10.0. The molecule has 0 saturated heterocycles. The minimum absolute atomic E-state index is 1.09. The van der Waals surface area contributed by atoms with Gasteiger partial charge >= 0.3 is 0 Å². The Morgan fingerprint density at radius 2 is 0.322 bits per heavy atom. The Hall–Kier alpha value is -13.5. The standard InChI is InChI=1S/2C54H34N2S3/c1-3-13-37(14-4-1)55(39-25-28-52-48(33-39)45-19-9-12-22-51(45)57-52)41-29-36(35-23-26-46-43-17-7-10-20-49(43)58-53(46)31-35)30-42(32-41)56(38-15-5-2-6-16-38)40-24-27-47-44-18-8-11-21-50(44)59-54(47)34-40;1-3-13-37(14-4-1)55(39-24-27-52-47(33-39)44-18-8-11-21-50(44)57-52)41-29-36(35-23-26-46-43-17-7-10-20-49(43)59-54(46)31-35)30-42(32-41)56(38-15-5-2-6-16-38)40-25-28-53-48(34-40)45-19-9-12-22-51(45)58-53/h2*1-34H. The molecule has 0 saturated carbocycles. The third-order valence-corrected chi connectivity index (χ3v) is 29.7. The Labute approximate surface area is 705 Å². The monoisotopic (exact) mass is 1610 g/mol. The van der Waals surface area contributed by atoms with Crippen LogP contribution in [-0.2, 0) is 0 Å². The summed E-state index contributed by atoms with van der Waals surface area (Å²) >= 11 is 11.2. The van der Waals surface area contributed by atoms with E-state index in [1.165, 1.54) is 132 Å². The number of nitrogens with zero attached hydrogens (tertiary/aromatic N) is 4. The maximum atomic E-state index is 2.43. The van der Waals surface area contributed by atoms with Crippen molar-refractivity contribution in [3.63, 3.8) is 0 Å². The lowest BCUT2D eigenvalue weighted by molar-refractivity contribution is 1.25. The Balaban J connectivity index is 0.000000138. The highest BCUT2D eigenvalue weighted by atomic mass is 32.1. The number of fused-ring (bicyclic) bond motifs is 18. The lowest BCUT2D eigenvalue weighted by Gasteiger charge is -2.30. The fourth-order valence-electron chi connectivity index (χ4n) is 17.4. The molecule has 24 aromatic rings. The first-order valence-corrected chi connectivity index (χ1v) is 44.5. The van der Waals surface area contributed by atoms with E-state index in [0.29, 0.717) is 0 Å². The molecule has 0 unspecified atom stereocenters. The molecule has 0 radical (unpaired) electrons. The van der Waals surface area contributed by atoms with Gasteiger partial charge in [0.2, 0.25) is 0 Å². The van der Waals surface area contributed by atoms with Gasteiger partial charge in [0, 0.05) is 189 Å². The van der Waals surface area contributed by atoms with Crippen molar-refractivity contribution in [2.24, 2.45) is 0 Å². The zero-order chi connectivity index (χ0) is 77.7. The predicted molar refractivity (Wildman–Crippen MR) is 520 cm³/mol. The molecule has 0 spiro atoms. The second kappa shape index (κ2) is 29.3. The van der Waals surface area contributed by atoms with Crippen LogP contribution in [0.3, 0.4) is 0 Å². The first-order valence-electron chi connectivity index (χ1n) is 39.6. The summed E-state index contributed by atoms with van der Waals surface area (Å²) in [6, 6.07) is 152. The van der Waals surface area contributed by atoms with Gasteiger partial charge in [-0.05, 0) is 222 Å². The summed E-state index contributed by atoms with van der Waals surface area (Å²) in [4.78, 5) is 9.70. The summed E-state index contributed by atoms with van der Waals surface area (Å²) in [5.74, 6) is 0. The van der Waals surface area contributed by atoms with Gasteiger partial charge in [0.05, 0.1) is 0 Å². The number of thiophene rings is 6. The van der Waals surface area contributed by atoms with E-state index in [1.54, 1.807) is 0 Å². The topological polar surface area (TPSA) is 13.0 Å². The van der Waals surface area contributed by atoms with Crippen LogP contribution >= 0.6 is 68.0 Å². The van der Waals surface area contributed by atoms with Crippen molar-refractivity contribution in [1.29, 1.82) is 0 Å². The van der Waals surface area contributed by atoms with E-state index in [0.717, 1.165) is 79.4 Å². The molecule has 6 heterocycles. The van der Waals surface area contributed by atoms with E-state index in [9.17, 15) is 0 Å². The van der Waals surface area contributed by atoms with Crippen molar-refractivity contribution in [3.8, 4) is 22.3 Å². The molecule has 18 aromatic carbocycles. The molecule has 0 atom stereocenters. The third-order valence-electron chi connectivity index (χ3n) is 22.8. The van der Waals surface area contributed by atoms with Crippen molar-refractivity contribution in [3.05, 3.63) is 413 Å². The third kappa shape index (κ3) is 12.5. The molecular weight excluding hydrogens is 1550 g/mol. The minimum atomic E-state index is 1.09. The fourth-order valence-corrected chi connectivity index (χ4v) is 24.1. The molecule has 0 aliphatic heterocycles. The number of hydrogen-bond acceptors (Lipinski definition) is 10. The zero-order valence-electron chi connectivity index (χ0n) is 63.5. The largest absolute Gasteiger partial charge is 0.310 e. The van der Waals surface area contributed by atoms with Gasteiger partial charge in [-0.25, -0.2) is 0 Å². The average Bonchev–Trinajstić information content (AvgIpc) is 1.57. The predicted octanol–water partition coefficient (Wildman–Crippen LogP) is 34.8. The molecule has 556 valence electrons. The van der Waals surface area contributed by atoms with Crippen LogP contribution in [-0.4, -0.2) is 0 Å². The van der Waals surface area contributed by atoms with E-state index in [4.69, 9.17) is 0 Å². The molecule has 0 bridgehead atoms. The van der Waals surface area contributed by atoms with Gasteiger partial charge in [-0.15, -0.1) is 68.0 Å². The molecule has 0 aliphatic rings. The highest BCUT2D eigenvalue weighted by Gasteiger charge is 2.25. The normalized spacial score (nSPS) is 11.7. The number of para-hydroxylation sites is 4. The van der Waals surface area contributed by atoms with Crippen LogP contribution in [0.4, 0.5) is 68.2 Å². The van der Waals surface area contributed by atoms with Crippen LogP contribution in [0.25, 0.3) is 143 Å². The van der Waals surface area contributed by atoms with Crippen molar-refractivity contribution in [2.45, 2.75) is 0 Å². The van der Waals surface area contributed by atoms with Crippen LogP contribution in [0, 0.1) is 0 Å². The van der Waals surface area contributed by atoms with Gasteiger partial charge in [-0.2, -0.15) is 0 Å². The molecular formula is C108H68N4S6. The number of hydrogen-bond donors (Lipinski definition) is 0. The highest BCUT2D eigenvalue weighted by molar-refractivity contribution is 7.28. The number of rotatable bonds is 14. The second-order valence-corrected chi connectivity index (χ2v) is 36.4. The smallest absolute Gasteiger partial charge is 0.0488 e. The maximum Gasteiger partial charge on any atom is 0.0488 e. The van der Waals surface area contributed by atoms with Gasteiger partial charge in [-0.3, -0.25) is 0 Å². The quantitative estimate of drug-likeness (QED) is 0.108. The van der Waals surface area contributed by atoms with E-state index in [-0.39, 0.29) is 0 Å². The number of anilines is 12. The molecule has 0 aliphatic carbocycles. The summed E-state index contributed by atoms with van der Waals surface area (Å²) in [7, 11) is 0.